The first-order valence-corrected chi connectivity index (χ1v) is 8.76. The minimum atomic E-state index is -0.367. The van der Waals surface area contributed by atoms with Gasteiger partial charge in [-0.05, 0) is 60.5 Å². The summed E-state index contributed by atoms with van der Waals surface area (Å²) < 4.78 is 16.0. The summed E-state index contributed by atoms with van der Waals surface area (Å²) in [6.07, 6.45) is 0.954. The third kappa shape index (κ3) is 5.07. The summed E-state index contributed by atoms with van der Waals surface area (Å²) >= 11 is 0. The van der Waals surface area contributed by atoms with Crippen molar-refractivity contribution in [2.75, 3.05) is 18.5 Å². The normalized spacial score (nSPS) is 10.4. The molecule has 0 aliphatic heterocycles. The lowest BCUT2D eigenvalue weighted by atomic mass is 10.2. The van der Waals surface area contributed by atoms with Crippen molar-refractivity contribution in [3.05, 3.63) is 54.1 Å². The number of hydrogen-bond donors (Lipinski definition) is 1. The number of anilines is 1. The van der Waals surface area contributed by atoms with E-state index < -0.39 is 0 Å². The Morgan fingerprint density at radius 1 is 1.00 bits per heavy atom. The van der Waals surface area contributed by atoms with Gasteiger partial charge in [-0.25, -0.2) is 0 Å². The fourth-order valence-corrected chi connectivity index (χ4v) is 2.38. The van der Waals surface area contributed by atoms with Crippen LogP contribution >= 0.6 is 0 Å². The molecule has 0 fully saturated rings. The minimum absolute atomic E-state index is 0.0915. The summed E-state index contributed by atoms with van der Waals surface area (Å²) in [5.41, 5.74) is 1.94. The molecule has 2 aromatic carbocycles. The standard InChI is InChI=1S/C20H21N3O4/c1-3-14-5-9-17(10-6-14)26-13-18(24)21-20-22-19(27-23-20)15-7-11-16(12-8-15)25-4-2/h5-12H,3-4,13H2,1-2H3,(H,21,23,24). The van der Waals surface area contributed by atoms with Crippen molar-refractivity contribution in [3.63, 3.8) is 0 Å². The van der Waals surface area contributed by atoms with E-state index in [1.165, 1.54) is 5.56 Å². The molecule has 0 atom stereocenters. The predicted octanol–water partition coefficient (Wildman–Crippen LogP) is 3.72. The summed E-state index contributed by atoms with van der Waals surface area (Å²) in [5, 5.41) is 6.32. The fourth-order valence-electron chi connectivity index (χ4n) is 2.38. The molecule has 0 bridgehead atoms. The molecule has 0 unspecified atom stereocenters. The van der Waals surface area contributed by atoms with Gasteiger partial charge in [0.25, 0.3) is 17.7 Å². The van der Waals surface area contributed by atoms with E-state index in [1.807, 2.05) is 55.5 Å². The van der Waals surface area contributed by atoms with Gasteiger partial charge in [-0.15, -0.1) is 0 Å². The minimum Gasteiger partial charge on any atom is -0.494 e. The van der Waals surface area contributed by atoms with Gasteiger partial charge in [0, 0.05) is 5.56 Å². The van der Waals surface area contributed by atoms with Crippen molar-refractivity contribution in [1.82, 2.24) is 10.1 Å². The first-order chi connectivity index (χ1) is 13.2. The Morgan fingerprint density at radius 2 is 1.67 bits per heavy atom. The Bertz CT molecular complexity index is 873. The number of carbonyl (C=O) groups is 1. The van der Waals surface area contributed by atoms with Crippen LogP contribution in [0.1, 0.15) is 19.4 Å². The highest BCUT2D eigenvalue weighted by Crippen LogP contribution is 2.22. The van der Waals surface area contributed by atoms with Crippen LogP contribution in [0.3, 0.4) is 0 Å². The summed E-state index contributed by atoms with van der Waals surface area (Å²) in [6, 6.07) is 14.9. The smallest absolute Gasteiger partial charge is 0.270 e. The number of amides is 1. The van der Waals surface area contributed by atoms with Crippen LogP contribution in [0.5, 0.6) is 11.5 Å². The molecule has 7 nitrogen and oxygen atoms in total. The third-order valence-corrected chi connectivity index (χ3v) is 3.79. The average molecular weight is 367 g/mol. The fraction of sp³-hybridized carbons (Fsp3) is 0.250. The number of nitrogens with zero attached hydrogens (tertiary/aromatic N) is 2. The van der Waals surface area contributed by atoms with E-state index in [0.717, 1.165) is 17.7 Å². The van der Waals surface area contributed by atoms with Gasteiger partial charge >= 0.3 is 0 Å². The lowest BCUT2D eigenvalue weighted by Crippen LogP contribution is -2.20. The van der Waals surface area contributed by atoms with E-state index in [4.69, 9.17) is 14.0 Å². The SMILES string of the molecule is CCOc1ccc(-c2nc(NC(=O)COc3ccc(CC)cc3)no2)cc1. The Kier molecular flexibility index (Phi) is 6.04. The van der Waals surface area contributed by atoms with Crippen molar-refractivity contribution in [1.29, 1.82) is 0 Å². The quantitative estimate of drug-likeness (QED) is 0.653. The third-order valence-electron chi connectivity index (χ3n) is 3.79. The second-order valence-corrected chi connectivity index (χ2v) is 5.71. The first kappa shape index (κ1) is 18.4. The number of carbonyl (C=O) groups excluding carboxylic acids is 1. The maximum absolute atomic E-state index is 12.0. The maximum Gasteiger partial charge on any atom is 0.270 e. The van der Waals surface area contributed by atoms with Gasteiger partial charge in [0.15, 0.2) is 6.61 Å². The largest absolute Gasteiger partial charge is 0.494 e. The van der Waals surface area contributed by atoms with Crippen molar-refractivity contribution in [2.24, 2.45) is 0 Å². The number of rotatable bonds is 8. The molecular weight excluding hydrogens is 346 g/mol. The summed E-state index contributed by atoms with van der Waals surface area (Å²) in [5.74, 6) is 1.43. The Labute approximate surface area is 157 Å². The zero-order valence-corrected chi connectivity index (χ0v) is 15.3. The van der Waals surface area contributed by atoms with Crippen molar-refractivity contribution >= 4 is 11.9 Å². The number of hydrogen-bond acceptors (Lipinski definition) is 6. The molecule has 0 aliphatic carbocycles. The van der Waals surface area contributed by atoms with Gasteiger partial charge in [0.05, 0.1) is 6.61 Å². The number of nitrogens with one attached hydrogen (secondary N) is 1. The van der Waals surface area contributed by atoms with E-state index in [9.17, 15) is 4.79 Å². The van der Waals surface area contributed by atoms with Crippen LogP contribution in [0.15, 0.2) is 53.1 Å². The molecule has 0 saturated carbocycles. The number of aryl methyl sites for hydroxylation is 1. The molecule has 3 aromatic rings. The van der Waals surface area contributed by atoms with Gasteiger partial charge in [0.2, 0.25) is 0 Å². The number of benzene rings is 2. The van der Waals surface area contributed by atoms with Gasteiger partial charge < -0.3 is 14.0 Å². The zero-order valence-electron chi connectivity index (χ0n) is 15.3. The van der Waals surface area contributed by atoms with Crippen molar-refractivity contribution < 1.29 is 18.8 Å². The molecule has 140 valence electrons. The highest BCUT2D eigenvalue weighted by atomic mass is 16.5. The van der Waals surface area contributed by atoms with Crippen LogP contribution in [0.4, 0.5) is 5.95 Å². The molecule has 7 heteroatoms. The van der Waals surface area contributed by atoms with Gasteiger partial charge in [0.1, 0.15) is 11.5 Å². The zero-order chi connectivity index (χ0) is 19.1. The van der Waals surface area contributed by atoms with E-state index in [2.05, 4.69) is 22.4 Å². The van der Waals surface area contributed by atoms with Crippen LogP contribution in [0.25, 0.3) is 11.5 Å². The molecule has 0 saturated heterocycles. The van der Waals surface area contributed by atoms with E-state index in [-0.39, 0.29) is 18.5 Å². The first-order valence-electron chi connectivity index (χ1n) is 8.76. The Balaban J connectivity index is 1.54. The van der Waals surface area contributed by atoms with Gasteiger partial charge in [-0.2, -0.15) is 4.98 Å². The topological polar surface area (TPSA) is 86.5 Å². The lowest BCUT2D eigenvalue weighted by molar-refractivity contribution is -0.118. The van der Waals surface area contributed by atoms with Crippen LogP contribution in [-0.2, 0) is 11.2 Å². The second-order valence-electron chi connectivity index (χ2n) is 5.71. The molecule has 0 aliphatic rings. The highest BCUT2D eigenvalue weighted by molar-refractivity contribution is 5.90. The van der Waals surface area contributed by atoms with Gasteiger partial charge in [-0.3, -0.25) is 10.1 Å². The molecule has 3 rings (SSSR count). The molecule has 1 N–H and O–H groups in total. The van der Waals surface area contributed by atoms with Gasteiger partial charge in [-0.1, -0.05) is 19.1 Å². The predicted molar refractivity (Wildman–Crippen MR) is 101 cm³/mol. The molecule has 0 radical (unpaired) electrons. The van der Waals surface area contributed by atoms with E-state index in [0.29, 0.717) is 18.2 Å². The molecular formula is C20H21N3O4. The van der Waals surface area contributed by atoms with Crippen LogP contribution in [-0.4, -0.2) is 29.3 Å². The molecule has 0 spiro atoms. The lowest BCUT2D eigenvalue weighted by Gasteiger charge is -2.05. The van der Waals surface area contributed by atoms with E-state index >= 15 is 0 Å². The number of ether oxygens (including phenoxy) is 2. The summed E-state index contributed by atoms with van der Waals surface area (Å²) in [6.45, 7) is 4.46. The maximum atomic E-state index is 12.0. The molecule has 1 amide bonds. The van der Waals surface area contributed by atoms with Crippen LogP contribution in [0.2, 0.25) is 0 Å². The average Bonchev–Trinajstić information content (AvgIpc) is 3.16. The van der Waals surface area contributed by atoms with E-state index in [1.54, 1.807) is 0 Å². The highest BCUT2D eigenvalue weighted by Gasteiger charge is 2.12. The van der Waals surface area contributed by atoms with Crippen molar-refractivity contribution in [2.45, 2.75) is 20.3 Å². The molecule has 27 heavy (non-hydrogen) atoms. The van der Waals surface area contributed by atoms with Crippen LogP contribution in [0, 0.1) is 0 Å². The second kappa shape index (κ2) is 8.84. The number of aromatic nitrogens is 2. The van der Waals surface area contributed by atoms with Crippen molar-refractivity contribution in [3.8, 4) is 23.0 Å². The monoisotopic (exact) mass is 367 g/mol. The van der Waals surface area contributed by atoms with Crippen LogP contribution < -0.4 is 14.8 Å². The Hall–Kier alpha value is -3.35. The summed E-state index contributed by atoms with van der Waals surface area (Å²) in [7, 11) is 0. The Morgan fingerprint density at radius 3 is 2.33 bits per heavy atom. The molecule has 1 heterocycles. The molecule has 1 aromatic heterocycles. The summed E-state index contributed by atoms with van der Waals surface area (Å²) in [4.78, 5) is 16.2.